The summed E-state index contributed by atoms with van der Waals surface area (Å²) in [5.41, 5.74) is 2.57. The average molecular weight is 468 g/mol. The van der Waals surface area contributed by atoms with E-state index < -0.39 is 12.0 Å². The number of rotatable bonds is 4. The first kappa shape index (κ1) is 22.0. The molecule has 172 valence electrons. The predicted octanol–water partition coefficient (Wildman–Crippen LogP) is 4.10. The number of aliphatic hydroxyl groups is 1. The Morgan fingerprint density at radius 3 is 2.97 bits per heavy atom. The van der Waals surface area contributed by atoms with Crippen LogP contribution >= 0.6 is 11.6 Å². The van der Waals surface area contributed by atoms with Gasteiger partial charge in [-0.05, 0) is 49.3 Å². The molecule has 1 aliphatic carbocycles. The van der Waals surface area contributed by atoms with Gasteiger partial charge in [0.1, 0.15) is 16.6 Å². The Morgan fingerprint density at radius 2 is 2.18 bits per heavy atom. The van der Waals surface area contributed by atoms with Crippen LogP contribution in [0.3, 0.4) is 0 Å². The monoisotopic (exact) mass is 467 g/mol. The van der Waals surface area contributed by atoms with E-state index in [1.165, 1.54) is 0 Å². The van der Waals surface area contributed by atoms with Crippen molar-refractivity contribution in [3.8, 4) is 11.8 Å². The molecule has 0 bridgehead atoms. The van der Waals surface area contributed by atoms with Crippen LogP contribution in [0, 0.1) is 16.7 Å². The van der Waals surface area contributed by atoms with Crippen LogP contribution < -0.4 is 9.64 Å². The highest BCUT2D eigenvalue weighted by Gasteiger charge is 2.51. The summed E-state index contributed by atoms with van der Waals surface area (Å²) in [6, 6.07) is 9.41. The minimum atomic E-state index is -1.09. The lowest BCUT2D eigenvalue weighted by atomic mass is 9.68. The third kappa shape index (κ3) is 4.01. The maximum Gasteiger partial charge on any atom is 0.238 e. The van der Waals surface area contributed by atoms with Crippen molar-refractivity contribution in [2.45, 2.75) is 51.2 Å². The number of hydrogen-bond donors (Lipinski definition) is 1. The third-order valence-electron chi connectivity index (χ3n) is 6.89. The molecule has 2 fully saturated rings. The number of hydrogen-bond acceptors (Lipinski definition) is 7. The van der Waals surface area contributed by atoms with E-state index in [4.69, 9.17) is 21.1 Å². The second-order valence-corrected chi connectivity index (χ2v) is 9.85. The van der Waals surface area contributed by atoms with Gasteiger partial charge in [0.2, 0.25) is 6.41 Å². The number of fused-ring (bicyclic) bond motifs is 1. The van der Waals surface area contributed by atoms with Gasteiger partial charge in [-0.15, -0.1) is 0 Å². The molecule has 9 heteroatoms. The summed E-state index contributed by atoms with van der Waals surface area (Å²) in [6.07, 6.45) is 6.05. The summed E-state index contributed by atoms with van der Waals surface area (Å²) < 4.78 is 13.8. The van der Waals surface area contributed by atoms with Crippen molar-refractivity contribution in [2.75, 3.05) is 18.6 Å². The van der Waals surface area contributed by atoms with Gasteiger partial charge in [0.15, 0.2) is 0 Å². The van der Waals surface area contributed by atoms with Crippen molar-refractivity contribution in [1.29, 1.82) is 5.26 Å². The number of methoxy groups -OCH3 is 1. The largest absolute Gasteiger partial charge is 0.494 e. The second-order valence-electron chi connectivity index (χ2n) is 9.46. The lowest BCUT2D eigenvalue weighted by Crippen LogP contribution is -2.45. The van der Waals surface area contributed by atoms with Gasteiger partial charge in [0, 0.05) is 12.6 Å². The van der Waals surface area contributed by atoms with E-state index in [1.807, 2.05) is 18.5 Å². The zero-order chi connectivity index (χ0) is 23.2. The van der Waals surface area contributed by atoms with Gasteiger partial charge in [-0.1, -0.05) is 18.5 Å². The van der Waals surface area contributed by atoms with E-state index in [-0.39, 0.29) is 5.41 Å². The van der Waals surface area contributed by atoms with Crippen LogP contribution in [0.15, 0.2) is 36.8 Å². The minimum absolute atomic E-state index is 0.0629. The van der Waals surface area contributed by atoms with Crippen molar-refractivity contribution >= 4 is 28.3 Å². The topological polar surface area (TPSA) is 96.4 Å². The number of pyridine rings is 1. The molecule has 2 aromatic heterocycles. The van der Waals surface area contributed by atoms with Crippen LogP contribution in [0.1, 0.15) is 38.2 Å². The molecule has 5 rings (SSSR count). The molecule has 3 atom stereocenters. The van der Waals surface area contributed by atoms with Gasteiger partial charge in [0.05, 0.1) is 54.4 Å². The van der Waals surface area contributed by atoms with E-state index in [9.17, 15) is 10.4 Å². The Kier molecular flexibility index (Phi) is 5.44. The van der Waals surface area contributed by atoms with Gasteiger partial charge in [0.25, 0.3) is 0 Å². The SMILES string of the molecule is COc1cc(Cl)ncc1N1C[C@@]2(CCC[C@](C)(Cn3cnc4ccc(C#N)cc43)C2)O[C@H]1O. The molecular formula is C24H26ClN5O3. The lowest BCUT2D eigenvalue weighted by Gasteiger charge is -2.43. The maximum atomic E-state index is 10.8. The van der Waals surface area contributed by atoms with Crippen molar-refractivity contribution in [1.82, 2.24) is 14.5 Å². The predicted molar refractivity (Wildman–Crippen MR) is 124 cm³/mol. The molecule has 8 nitrogen and oxygen atoms in total. The molecule has 0 amide bonds. The molecule has 1 saturated heterocycles. The Bertz CT molecular complexity index is 1240. The quantitative estimate of drug-likeness (QED) is 0.577. The van der Waals surface area contributed by atoms with Crippen molar-refractivity contribution in [3.63, 3.8) is 0 Å². The molecule has 1 N–H and O–H groups in total. The van der Waals surface area contributed by atoms with Crippen LogP contribution in [0.2, 0.25) is 5.15 Å². The van der Waals surface area contributed by atoms with Crippen molar-refractivity contribution in [2.24, 2.45) is 5.41 Å². The highest BCUT2D eigenvalue weighted by molar-refractivity contribution is 6.29. The fraction of sp³-hybridized carbons (Fsp3) is 0.458. The first-order valence-corrected chi connectivity index (χ1v) is 11.4. The van der Waals surface area contributed by atoms with E-state index in [0.29, 0.717) is 28.7 Å². The Hall–Kier alpha value is -2.86. The highest BCUT2D eigenvalue weighted by Crippen LogP contribution is 2.49. The van der Waals surface area contributed by atoms with Crippen LogP contribution in [0.25, 0.3) is 11.0 Å². The standard InChI is InChI=1S/C24H26ClN5O3/c1-23(13-29-15-28-17-5-4-16(10-26)8-18(17)29)6-3-7-24(12-23)14-30(22(31)33-24)19-11-27-21(25)9-20(19)32-2/h4-5,8-9,11,15,22,31H,3,6-7,12-14H2,1-2H3/t22-,23+,24+/m1/s1. The third-order valence-corrected chi connectivity index (χ3v) is 7.09. The molecule has 33 heavy (non-hydrogen) atoms. The van der Waals surface area contributed by atoms with E-state index in [2.05, 4.69) is 27.5 Å². The average Bonchev–Trinajstić information content (AvgIpc) is 3.32. The summed E-state index contributed by atoms with van der Waals surface area (Å²) in [5, 5.41) is 20.4. The molecule has 0 unspecified atom stereocenters. The number of nitriles is 1. The fourth-order valence-corrected chi connectivity index (χ4v) is 5.68. The van der Waals surface area contributed by atoms with Gasteiger partial charge >= 0.3 is 0 Å². The maximum absolute atomic E-state index is 10.8. The molecule has 1 spiro atoms. The Balaban J connectivity index is 1.40. The molecule has 1 aromatic carbocycles. The fourth-order valence-electron chi connectivity index (χ4n) is 5.53. The number of aliphatic hydroxyl groups excluding tert-OH is 1. The van der Waals surface area contributed by atoms with Gasteiger partial charge < -0.3 is 24.0 Å². The van der Waals surface area contributed by atoms with E-state index >= 15 is 0 Å². The molecular weight excluding hydrogens is 442 g/mol. The van der Waals surface area contributed by atoms with Gasteiger partial charge in [-0.25, -0.2) is 9.97 Å². The van der Waals surface area contributed by atoms with Crippen molar-refractivity contribution in [3.05, 3.63) is 47.5 Å². The van der Waals surface area contributed by atoms with Gasteiger partial charge in [-0.2, -0.15) is 5.26 Å². The molecule has 2 aliphatic rings. The summed E-state index contributed by atoms with van der Waals surface area (Å²) in [6.45, 7) is 3.55. The lowest BCUT2D eigenvalue weighted by molar-refractivity contribution is -0.161. The van der Waals surface area contributed by atoms with Crippen LogP contribution in [-0.2, 0) is 11.3 Å². The minimum Gasteiger partial charge on any atom is -0.494 e. The zero-order valence-corrected chi connectivity index (χ0v) is 19.4. The Morgan fingerprint density at radius 1 is 1.33 bits per heavy atom. The number of anilines is 1. The zero-order valence-electron chi connectivity index (χ0n) is 18.7. The number of imidazole rings is 1. The molecule has 1 aliphatic heterocycles. The van der Waals surface area contributed by atoms with Crippen LogP contribution in [0.5, 0.6) is 5.75 Å². The second kappa shape index (κ2) is 8.17. The number of benzene rings is 1. The van der Waals surface area contributed by atoms with Crippen molar-refractivity contribution < 1.29 is 14.6 Å². The number of aromatic nitrogens is 3. The van der Waals surface area contributed by atoms with E-state index in [1.54, 1.807) is 30.3 Å². The number of ether oxygens (including phenoxy) is 2. The molecule has 0 radical (unpaired) electrons. The van der Waals surface area contributed by atoms with Crippen LogP contribution in [0.4, 0.5) is 5.69 Å². The van der Waals surface area contributed by atoms with Crippen LogP contribution in [-0.4, -0.2) is 45.3 Å². The first-order chi connectivity index (χ1) is 15.8. The molecule has 3 aromatic rings. The summed E-state index contributed by atoms with van der Waals surface area (Å²) >= 11 is 6.02. The normalized spacial score (nSPS) is 27.2. The number of nitrogens with zero attached hydrogens (tertiary/aromatic N) is 5. The smallest absolute Gasteiger partial charge is 0.238 e. The first-order valence-electron chi connectivity index (χ1n) is 11.0. The number of halogens is 1. The molecule has 1 saturated carbocycles. The van der Waals surface area contributed by atoms with E-state index in [0.717, 1.165) is 43.3 Å². The Labute approximate surface area is 197 Å². The van der Waals surface area contributed by atoms with Gasteiger partial charge in [-0.3, -0.25) is 0 Å². The summed E-state index contributed by atoms with van der Waals surface area (Å²) in [4.78, 5) is 10.5. The summed E-state index contributed by atoms with van der Waals surface area (Å²) in [5.74, 6) is 0.548. The highest BCUT2D eigenvalue weighted by atomic mass is 35.5. The summed E-state index contributed by atoms with van der Waals surface area (Å²) in [7, 11) is 1.57. The molecule has 3 heterocycles.